The van der Waals surface area contributed by atoms with Crippen molar-refractivity contribution >= 4 is 22.4 Å². The number of halogens is 1. The van der Waals surface area contributed by atoms with Crippen LogP contribution in [0, 0.1) is 0 Å². The molecule has 4 nitrogen and oxygen atoms in total. The van der Waals surface area contributed by atoms with Crippen LogP contribution in [0.1, 0.15) is 26.2 Å². The van der Waals surface area contributed by atoms with Crippen molar-refractivity contribution in [3.05, 3.63) is 0 Å². The van der Waals surface area contributed by atoms with E-state index < -0.39 is 10.0 Å². The van der Waals surface area contributed by atoms with Crippen LogP contribution < -0.4 is 10.0 Å². The smallest absolute Gasteiger partial charge is 0.211 e. The maximum atomic E-state index is 11.2. The maximum Gasteiger partial charge on any atom is 0.211 e. The Morgan fingerprint density at radius 1 is 1.36 bits per heavy atom. The monoisotopic (exact) mass is 242 g/mol. The van der Waals surface area contributed by atoms with Gasteiger partial charge in [-0.05, 0) is 39.3 Å². The number of sulfonamides is 1. The molecule has 0 unspecified atom stereocenters. The van der Waals surface area contributed by atoms with Crippen LogP contribution in [-0.4, -0.2) is 33.3 Å². The third-order valence-corrected chi connectivity index (χ3v) is 3.75. The van der Waals surface area contributed by atoms with Crippen LogP contribution in [0.2, 0.25) is 0 Å². The van der Waals surface area contributed by atoms with E-state index in [1.54, 1.807) is 6.92 Å². The first kappa shape index (κ1) is 14.2. The van der Waals surface area contributed by atoms with Gasteiger partial charge in [-0.15, -0.1) is 12.4 Å². The van der Waals surface area contributed by atoms with Gasteiger partial charge in [0.2, 0.25) is 10.0 Å². The molecule has 1 saturated heterocycles. The van der Waals surface area contributed by atoms with E-state index in [1.807, 2.05) is 0 Å². The lowest BCUT2D eigenvalue weighted by Gasteiger charge is -2.14. The van der Waals surface area contributed by atoms with Crippen molar-refractivity contribution in [3.63, 3.8) is 0 Å². The number of rotatable bonds is 3. The largest absolute Gasteiger partial charge is 0.317 e. The summed E-state index contributed by atoms with van der Waals surface area (Å²) in [5.74, 6) is 0.178. The van der Waals surface area contributed by atoms with Crippen molar-refractivity contribution in [2.75, 3.05) is 18.8 Å². The molecule has 0 aromatic carbocycles. The molecule has 6 heteroatoms. The van der Waals surface area contributed by atoms with Gasteiger partial charge in [0.05, 0.1) is 5.75 Å². The standard InChI is InChI=1S/C8H18N2O2S.ClH/c1-2-13(11,12)10-8-4-3-6-9-7-5-8;/h8-10H,2-7H2,1H3;1H/t8-;/m0./s1. The summed E-state index contributed by atoms with van der Waals surface area (Å²) in [5.41, 5.74) is 0. The molecule has 86 valence electrons. The summed E-state index contributed by atoms with van der Waals surface area (Å²) < 4.78 is 25.2. The normalized spacial score (nSPS) is 23.6. The van der Waals surface area contributed by atoms with Crippen LogP contribution in [0.5, 0.6) is 0 Å². The molecule has 2 N–H and O–H groups in total. The van der Waals surface area contributed by atoms with Crippen molar-refractivity contribution in [2.45, 2.75) is 32.2 Å². The zero-order chi connectivity index (χ0) is 9.73. The molecule has 0 saturated carbocycles. The Bertz CT molecular complexity index is 236. The topological polar surface area (TPSA) is 58.2 Å². The Hall–Kier alpha value is 0.160. The fourth-order valence-electron chi connectivity index (χ4n) is 1.47. The minimum atomic E-state index is -3.01. The van der Waals surface area contributed by atoms with E-state index in [0.29, 0.717) is 0 Å². The molecule has 0 aliphatic carbocycles. The van der Waals surface area contributed by atoms with Crippen molar-refractivity contribution < 1.29 is 8.42 Å². The lowest BCUT2D eigenvalue weighted by molar-refractivity contribution is 0.519. The second kappa shape index (κ2) is 6.61. The van der Waals surface area contributed by atoms with Gasteiger partial charge >= 0.3 is 0 Å². The summed E-state index contributed by atoms with van der Waals surface area (Å²) >= 11 is 0. The third-order valence-electron chi connectivity index (χ3n) is 2.30. The summed E-state index contributed by atoms with van der Waals surface area (Å²) in [6, 6.07) is 0.139. The first-order chi connectivity index (χ1) is 6.14. The van der Waals surface area contributed by atoms with E-state index >= 15 is 0 Å². The lowest BCUT2D eigenvalue weighted by Crippen LogP contribution is -2.36. The number of nitrogens with one attached hydrogen (secondary N) is 2. The first-order valence-electron chi connectivity index (χ1n) is 4.85. The number of hydrogen-bond acceptors (Lipinski definition) is 3. The van der Waals surface area contributed by atoms with E-state index in [9.17, 15) is 8.42 Å². The van der Waals surface area contributed by atoms with E-state index in [4.69, 9.17) is 0 Å². The van der Waals surface area contributed by atoms with Crippen molar-refractivity contribution in [1.82, 2.24) is 10.0 Å². The SMILES string of the molecule is CCS(=O)(=O)N[C@H]1CCCNCC1.Cl. The highest BCUT2D eigenvalue weighted by Gasteiger charge is 2.16. The van der Waals surface area contributed by atoms with E-state index in [1.165, 1.54) is 0 Å². The van der Waals surface area contributed by atoms with Crippen LogP contribution >= 0.6 is 12.4 Å². The Labute approximate surface area is 92.3 Å². The van der Waals surface area contributed by atoms with Gasteiger partial charge in [0, 0.05) is 6.04 Å². The van der Waals surface area contributed by atoms with Gasteiger partial charge in [-0.2, -0.15) is 0 Å². The predicted octanol–water partition coefficient (Wildman–Crippen LogP) is 0.490. The maximum absolute atomic E-state index is 11.2. The molecule has 0 bridgehead atoms. The second-order valence-electron chi connectivity index (χ2n) is 3.40. The fourth-order valence-corrected chi connectivity index (χ4v) is 2.38. The summed E-state index contributed by atoms with van der Waals surface area (Å²) in [4.78, 5) is 0. The van der Waals surface area contributed by atoms with Gasteiger partial charge in [-0.1, -0.05) is 0 Å². The molecule has 1 aliphatic rings. The Kier molecular flexibility index (Phi) is 6.68. The van der Waals surface area contributed by atoms with Crippen molar-refractivity contribution in [1.29, 1.82) is 0 Å². The average molecular weight is 243 g/mol. The molecule has 1 aliphatic heterocycles. The van der Waals surface area contributed by atoms with Gasteiger partial charge in [0.15, 0.2) is 0 Å². The molecule has 1 atom stereocenters. The highest BCUT2D eigenvalue weighted by atomic mass is 35.5. The Balaban J connectivity index is 0.00000169. The zero-order valence-corrected chi connectivity index (χ0v) is 10.1. The Morgan fingerprint density at radius 2 is 2.07 bits per heavy atom. The summed E-state index contributed by atoms with van der Waals surface area (Å²) in [7, 11) is -3.01. The van der Waals surface area contributed by atoms with Gasteiger partial charge in [-0.3, -0.25) is 0 Å². The van der Waals surface area contributed by atoms with Crippen molar-refractivity contribution in [3.8, 4) is 0 Å². The van der Waals surface area contributed by atoms with Gasteiger partial charge in [0.25, 0.3) is 0 Å². The molecule has 14 heavy (non-hydrogen) atoms. The summed E-state index contributed by atoms with van der Waals surface area (Å²) in [6.45, 7) is 3.58. The van der Waals surface area contributed by atoms with Gasteiger partial charge < -0.3 is 5.32 Å². The molecule has 1 fully saturated rings. The minimum absolute atomic E-state index is 0. The van der Waals surface area contributed by atoms with Crippen LogP contribution in [0.4, 0.5) is 0 Å². The quantitative estimate of drug-likeness (QED) is 0.758. The zero-order valence-electron chi connectivity index (χ0n) is 8.45. The molecular formula is C8H19ClN2O2S. The minimum Gasteiger partial charge on any atom is -0.317 e. The van der Waals surface area contributed by atoms with Crippen LogP contribution in [0.3, 0.4) is 0 Å². The molecule has 1 rings (SSSR count). The van der Waals surface area contributed by atoms with E-state index in [0.717, 1.165) is 32.4 Å². The molecule has 0 spiro atoms. The van der Waals surface area contributed by atoms with Crippen LogP contribution in [0.25, 0.3) is 0 Å². The summed E-state index contributed by atoms with van der Waals surface area (Å²) in [6.07, 6.45) is 2.91. The molecule has 0 aromatic heterocycles. The molecule has 1 heterocycles. The van der Waals surface area contributed by atoms with Gasteiger partial charge in [0.1, 0.15) is 0 Å². The second-order valence-corrected chi connectivity index (χ2v) is 5.44. The van der Waals surface area contributed by atoms with E-state index in [-0.39, 0.29) is 24.2 Å². The Morgan fingerprint density at radius 3 is 2.71 bits per heavy atom. The molecule has 0 amide bonds. The first-order valence-corrected chi connectivity index (χ1v) is 6.50. The highest BCUT2D eigenvalue weighted by Crippen LogP contribution is 2.06. The molecule has 0 aromatic rings. The number of hydrogen-bond donors (Lipinski definition) is 2. The summed E-state index contributed by atoms with van der Waals surface area (Å²) in [5, 5.41) is 3.25. The highest BCUT2D eigenvalue weighted by molar-refractivity contribution is 7.89. The molecular weight excluding hydrogens is 224 g/mol. The van der Waals surface area contributed by atoms with Crippen LogP contribution in [0.15, 0.2) is 0 Å². The fraction of sp³-hybridized carbons (Fsp3) is 1.00. The lowest BCUT2D eigenvalue weighted by atomic mass is 10.1. The van der Waals surface area contributed by atoms with E-state index in [2.05, 4.69) is 10.0 Å². The van der Waals surface area contributed by atoms with Crippen molar-refractivity contribution in [2.24, 2.45) is 0 Å². The third kappa shape index (κ3) is 5.14. The van der Waals surface area contributed by atoms with Gasteiger partial charge in [-0.25, -0.2) is 13.1 Å². The van der Waals surface area contributed by atoms with Crippen LogP contribution in [-0.2, 0) is 10.0 Å². The average Bonchev–Trinajstić information content (AvgIpc) is 2.32. The predicted molar refractivity (Wildman–Crippen MR) is 60.4 cm³/mol. The molecule has 0 radical (unpaired) electrons.